The van der Waals surface area contributed by atoms with Gasteiger partial charge in [0.1, 0.15) is 6.29 Å². The predicted octanol–water partition coefficient (Wildman–Crippen LogP) is 3.24. The highest BCUT2D eigenvalue weighted by Gasteiger charge is 2.43. The number of hydrogen-bond donors (Lipinski definition) is 1. The second-order valence-electron chi connectivity index (χ2n) is 10.3. The van der Waals surface area contributed by atoms with Crippen molar-refractivity contribution < 1.29 is 14.0 Å². The van der Waals surface area contributed by atoms with Crippen LogP contribution in [0.2, 0.25) is 0 Å². The lowest BCUT2D eigenvalue weighted by Crippen LogP contribution is -2.56. The highest BCUT2D eigenvalue weighted by atomic mass is 16.3. The van der Waals surface area contributed by atoms with E-state index in [4.69, 9.17) is 15.2 Å². The van der Waals surface area contributed by atoms with Crippen molar-refractivity contribution >= 4 is 40.5 Å². The molecule has 1 aliphatic heterocycles. The summed E-state index contributed by atoms with van der Waals surface area (Å²) in [6, 6.07) is 20.6. The quantitative estimate of drug-likeness (QED) is 0.303. The van der Waals surface area contributed by atoms with Gasteiger partial charge in [-0.3, -0.25) is 9.59 Å². The maximum Gasteiger partial charge on any atom is 0.255 e. The first kappa shape index (κ1) is 25.4. The van der Waals surface area contributed by atoms with Gasteiger partial charge in [0.05, 0.1) is 17.8 Å². The number of carbonyl (C=O) groups is 2. The monoisotopic (exact) mass is 561 g/mol. The molecule has 0 spiro atoms. The van der Waals surface area contributed by atoms with Gasteiger partial charge in [-0.05, 0) is 48.9 Å². The van der Waals surface area contributed by atoms with Crippen molar-refractivity contribution in [2.24, 2.45) is 0 Å². The fourth-order valence-corrected chi connectivity index (χ4v) is 5.59. The van der Waals surface area contributed by atoms with Gasteiger partial charge in [-0.15, -0.1) is 5.10 Å². The molecule has 42 heavy (non-hydrogen) atoms. The Kier molecular flexibility index (Phi) is 5.96. The number of aldehydes is 1. The molecule has 1 aliphatic rings. The Bertz CT molecular complexity index is 1900. The van der Waals surface area contributed by atoms with E-state index in [9.17, 15) is 9.59 Å². The minimum absolute atomic E-state index is 0.104. The number of nitrogens with zero attached hydrogens (tertiary/aromatic N) is 8. The SMILES string of the molecule is CC(C(=O)N1CCN(c2ccc(C=O)cc2)CC1)(c1ccccc1)n1ncc2c1nc(N)n1nc(-c3ccco3)nc21. The van der Waals surface area contributed by atoms with E-state index >= 15 is 0 Å². The fourth-order valence-electron chi connectivity index (χ4n) is 5.59. The first-order chi connectivity index (χ1) is 20.5. The minimum Gasteiger partial charge on any atom is -0.461 e. The summed E-state index contributed by atoms with van der Waals surface area (Å²) in [7, 11) is 0. The number of hydrogen-bond acceptors (Lipinski definition) is 9. The molecule has 1 saturated heterocycles. The van der Waals surface area contributed by atoms with Crippen molar-refractivity contribution in [2.45, 2.75) is 12.5 Å². The molecule has 0 radical (unpaired) electrons. The molecule has 12 heteroatoms. The third kappa shape index (κ3) is 3.99. The summed E-state index contributed by atoms with van der Waals surface area (Å²) in [5.41, 5.74) is 8.45. The zero-order valence-corrected chi connectivity index (χ0v) is 22.8. The predicted molar refractivity (Wildman–Crippen MR) is 156 cm³/mol. The van der Waals surface area contributed by atoms with Gasteiger partial charge in [0, 0.05) is 37.4 Å². The van der Waals surface area contributed by atoms with Crippen LogP contribution in [0.25, 0.3) is 28.3 Å². The van der Waals surface area contributed by atoms with Gasteiger partial charge >= 0.3 is 0 Å². The minimum atomic E-state index is -1.22. The van der Waals surface area contributed by atoms with Crippen LogP contribution in [0, 0.1) is 0 Å². The summed E-state index contributed by atoms with van der Waals surface area (Å²) in [5.74, 6) is 0.880. The average Bonchev–Trinajstić information content (AvgIpc) is 3.81. The smallest absolute Gasteiger partial charge is 0.255 e. The number of fused-ring (bicyclic) bond motifs is 3. The van der Waals surface area contributed by atoms with Gasteiger partial charge in [0.15, 0.2) is 22.6 Å². The zero-order chi connectivity index (χ0) is 28.8. The second kappa shape index (κ2) is 9.84. The normalized spacial score (nSPS) is 15.3. The molecule has 1 amide bonds. The Morgan fingerprint density at radius 2 is 1.71 bits per heavy atom. The Labute approximate surface area is 240 Å². The largest absolute Gasteiger partial charge is 0.461 e. The first-order valence-electron chi connectivity index (χ1n) is 13.6. The molecule has 2 aromatic carbocycles. The highest BCUT2D eigenvalue weighted by molar-refractivity contribution is 5.94. The van der Waals surface area contributed by atoms with Crippen molar-refractivity contribution in [3.05, 3.63) is 90.3 Å². The second-order valence-corrected chi connectivity index (χ2v) is 10.3. The molecule has 4 aromatic heterocycles. The van der Waals surface area contributed by atoms with Gasteiger partial charge in [-0.1, -0.05) is 30.3 Å². The Morgan fingerprint density at radius 1 is 0.952 bits per heavy atom. The Morgan fingerprint density at radius 3 is 2.40 bits per heavy atom. The van der Waals surface area contributed by atoms with E-state index in [0.29, 0.717) is 60.0 Å². The molecule has 1 fully saturated rings. The summed E-state index contributed by atoms with van der Waals surface area (Å²) in [5, 5.41) is 9.79. The number of aromatic nitrogens is 6. The van der Waals surface area contributed by atoms with Crippen LogP contribution >= 0.6 is 0 Å². The summed E-state index contributed by atoms with van der Waals surface area (Å²) in [6.07, 6.45) is 4.03. The molecule has 210 valence electrons. The number of furan rings is 1. The third-order valence-electron chi connectivity index (χ3n) is 7.91. The van der Waals surface area contributed by atoms with E-state index < -0.39 is 5.54 Å². The molecule has 5 heterocycles. The number of nitrogen functional groups attached to an aromatic ring is 1. The maximum absolute atomic E-state index is 14.5. The number of anilines is 2. The van der Waals surface area contributed by atoms with Crippen LogP contribution in [0.15, 0.2) is 83.6 Å². The Hall–Kier alpha value is -5.52. The van der Waals surface area contributed by atoms with Crippen LogP contribution in [-0.2, 0) is 10.3 Å². The molecule has 12 nitrogen and oxygen atoms in total. The number of piperazine rings is 1. The number of amides is 1. The van der Waals surface area contributed by atoms with Crippen molar-refractivity contribution in [1.82, 2.24) is 34.3 Å². The maximum atomic E-state index is 14.5. The molecule has 0 bridgehead atoms. The van der Waals surface area contributed by atoms with Crippen LogP contribution in [-0.4, -0.2) is 72.6 Å². The molecular formula is C30H27N9O3. The van der Waals surface area contributed by atoms with Crippen LogP contribution in [0.4, 0.5) is 11.6 Å². The van der Waals surface area contributed by atoms with Gasteiger partial charge in [0.2, 0.25) is 11.8 Å². The van der Waals surface area contributed by atoms with E-state index in [1.54, 1.807) is 41.4 Å². The fraction of sp³-hybridized carbons (Fsp3) is 0.200. The van der Waals surface area contributed by atoms with Gasteiger partial charge in [0.25, 0.3) is 5.91 Å². The first-order valence-corrected chi connectivity index (χ1v) is 13.6. The molecule has 1 atom stereocenters. The van der Waals surface area contributed by atoms with E-state index in [1.807, 2.05) is 54.3 Å². The Balaban J connectivity index is 1.27. The van der Waals surface area contributed by atoms with Gasteiger partial charge in [-0.2, -0.15) is 14.6 Å². The number of nitrogens with two attached hydrogens (primary N) is 1. The summed E-state index contributed by atoms with van der Waals surface area (Å²) >= 11 is 0. The van der Waals surface area contributed by atoms with Gasteiger partial charge < -0.3 is 20.0 Å². The summed E-state index contributed by atoms with van der Waals surface area (Å²) in [6.45, 7) is 4.20. The molecule has 1 unspecified atom stereocenters. The van der Waals surface area contributed by atoms with Crippen molar-refractivity contribution in [2.75, 3.05) is 36.8 Å². The van der Waals surface area contributed by atoms with Crippen molar-refractivity contribution in [3.63, 3.8) is 0 Å². The average molecular weight is 562 g/mol. The number of benzene rings is 2. The lowest BCUT2D eigenvalue weighted by molar-refractivity contribution is -0.138. The van der Waals surface area contributed by atoms with E-state index in [0.717, 1.165) is 17.5 Å². The lowest BCUT2D eigenvalue weighted by Gasteiger charge is -2.40. The molecule has 0 aliphatic carbocycles. The van der Waals surface area contributed by atoms with Crippen LogP contribution in [0.5, 0.6) is 0 Å². The molecule has 2 N–H and O–H groups in total. The molecule has 7 rings (SSSR count). The number of rotatable bonds is 6. The third-order valence-corrected chi connectivity index (χ3v) is 7.91. The topological polar surface area (TPSA) is 141 Å². The van der Waals surface area contributed by atoms with Crippen LogP contribution in [0.1, 0.15) is 22.8 Å². The standard InChI is InChI=1S/C30H27N9O3/c1-30(21-6-3-2-4-7-21,28(41)37-15-13-36(14-16-37)22-11-9-20(19-40)10-12-22)39-27-23(18-32-39)26-33-25(24-8-5-17-42-24)35-38(26)29(31)34-27/h2-12,17-19H,13-16H2,1H3,(H2,31,34). The summed E-state index contributed by atoms with van der Waals surface area (Å²) < 4.78 is 8.57. The molecule has 0 saturated carbocycles. The van der Waals surface area contributed by atoms with Gasteiger partial charge in [-0.25, -0.2) is 9.67 Å². The summed E-state index contributed by atoms with van der Waals surface area (Å²) in [4.78, 5) is 38.9. The van der Waals surface area contributed by atoms with Crippen molar-refractivity contribution in [3.8, 4) is 11.6 Å². The van der Waals surface area contributed by atoms with Crippen LogP contribution in [0.3, 0.4) is 0 Å². The van der Waals surface area contributed by atoms with E-state index in [1.165, 1.54) is 4.52 Å². The highest BCUT2D eigenvalue weighted by Crippen LogP contribution is 2.33. The number of carbonyl (C=O) groups excluding carboxylic acids is 2. The van der Waals surface area contributed by atoms with E-state index in [2.05, 4.69) is 20.0 Å². The van der Waals surface area contributed by atoms with E-state index in [-0.39, 0.29) is 11.9 Å². The van der Waals surface area contributed by atoms with Crippen molar-refractivity contribution in [1.29, 1.82) is 0 Å². The molecule has 6 aromatic rings. The molecular weight excluding hydrogens is 534 g/mol. The zero-order valence-electron chi connectivity index (χ0n) is 22.8. The van der Waals surface area contributed by atoms with Crippen LogP contribution < -0.4 is 10.6 Å². The lowest BCUT2D eigenvalue weighted by atomic mass is 9.90.